The van der Waals surface area contributed by atoms with Gasteiger partial charge in [-0.3, -0.25) is 19.9 Å². The van der Waals surface area contributed by atoms with Crippen molar-refractivity contribution in [2.24, 2.45) is 0 Å². The second-order valence-corrected chi connectivity index (χ2v) is 8.63. The first-order valence-electron chi connectivity index (χ1n) is 11.3. The molecular weight excluding hydrogens is 483 g/mol. The molecule has 2 aromatic heterocycles. The van der Waals surface area contributed by atoms with Crippen LogP contribution in [0.25, 0.3) is 0 Å². The summed E-state index contributed by atoms with van der Waals surface area (Å²) in [5.74, 6) is -0.636. The van der Waals surface area contributed by atoms with Crippen LogP contribution in [0.3, 0.4) is 0 Å². The highest BCUT2D eigenvalue weighted by Gasteiger charge is 2.41. The summed E-state index contributed by atoms with van der Waals surface area (Å²) in [5.41, 5.74) is 0.864. The fourth-order valence-corrected chi connectivity index (χ4v) is 4.40. The number of anilines is 4. The van der Waals surface area contributed by atoms with E-state index in [1.54, 1.807) is 12.1 Å². The average molecular weight is 505 g/mol. The number of carbonyl (C=O) groups is 3. The van der Waals surface area contributed by atoms with E-state index in [0.717, 1.165) is 6.92 Å². The summed E-state index contributed by atoms with van der Waals surface area (Å²) in [5, 5.41) is 4.59. The Morgan fingerprint density at radius 1 is 1.22 bits per heavy atom. The SMILES string of the molecule is C[C@@H](NC(=O)c1ccc2c(n1)N(C(=O)Nc1cc(N3CCOC3=O)ccn1)C1CCN2C1)C(F)(F)F. The van der Waals surface area contributed by atoms with Crippen molar-refractivity contribution in [3.63, 3.8) is 0 Å². The van der Waals surface area contributed by atoms with Crippen LogP contribution in [0.15, 0.2) is 30.5 Å². The van der Waals surface area contributed by atoms with E-state index in [0.29, 0.717) is 37.4 Å². The highest BCUT2D eigenvalue weighted by molar-refractivity contribution is 6.05. The highest BCUT2D eigenvalue weighted by atomic mass is 19.4. The standard InChI is InChI=1S/C22H22F3N7O4/c1-12(22(23,24)25)27-19(33)15-2-3-16-18(28-15)32(14-5-7-30(16)11-14)20(34)29-17-10-13(4-6-26-17)31-8-9-36-21(31)35/h2-4,6,10,12,14H,5,7-9,11H2,1H3,(H,27,33)(H,26,29,34)/t12-,14?/m1/s1. The molecular formula is C22H22F3N7O4. The topological polar surface area (TPSA) is 120 Å². The summed E-state index contributed by atoms with van der Waals surface area (Å²) in [6.45, 7) is 2.67. The molecule has 2 N–H and O–H groups in total. The lowest BCUT2D eigenvalue weighted by Crippen LogP contribution is -2.49. The Morgan fingerprint density at radius 2 is 2.03 bits per heavy atom. The van der Waals surface area contributed by atoms with Gasteiger partial charge in [-0.1, -0.05) is 0 Å². The second kappa shape index (κ2) is 8.84. The van der Waals surface area contributed by atoms with E-state index in [1.807, 2.05) is 10.2 Å². The Balaban J connectivity index is 1.40. The second-order valence-electron chi connectivity index (χ2n) is 8.63. The van der Waals surface area contributed by atoms with Gasteiger partial charge in [0.1, 0.15) is 24.2 Å². The van der Waals surface area contributed by atoms with Crippen molar-refractivity contribution < 1.29 is 32.3 Å². The predicted octanol–water partition coefficient (Wildman–Crippen LogP) is 2.74. The third kappa shape index (κ3) is 4.33. The summed E-state index contributed by atoms with van der Waals surface area (Å²) in [6.07, 6.45) is -3.01. The Bertz CT molecular complexity index is 1220. The largest absolute Gasteiger partial charge is 0.447 e. The lowest BCUT2D eigenvalue weighted by atomic mass is 10.1. The first-order valence-corrected chi connectivity index (χ1v) is 11.3. The minimum atomic E-state index is -4.60. The van der Waals surface area contributed by atoms with E-state index in [-0.39, 0.29) is 30.0 Å². The van der Waals surface area contributed by atoms with Crippen molar-refractivity contribution in [2.75, 3.05) is 46.3 Å². The maximum absolute atomic E-state index is 13.4. The molecule has 14 heteroatoms. The third-order valence-corrected chi connectivity index (χ3v) is 6.29. The van der Waals surface area contributed by atoms with E-state index in [1.165, 1.54) is 28.1 Å². The summed E-state index contributed by atoms with van der Waals surface area (Å²) in [4.78, 5) is 51.0. The molecule has 0 saturated carbocycles. The number of cyclic esters (lactones) is 1. The minimum absolute atomic E-state index is 0.174. The van der Waals surface area contributed by atoms with Gasteiger partial charge >= 0.3 is 18.3 Å². The first-order chi connectivity index (χ1) is 17.1. The number of fused-ring (bicyclic) bond motifs is 4. The van der Waals surface area contributed by atoms with Gasteiger partial charge < -0.3 is 15.0 Å². The number of alkyl halides is 3. The number of hydrogen-bond donors (Lipinski definition) is 2. The molecule has 2 bridgehead atoms. The molecule has 2 saturated heterocycles. The van der Waals surface area contributed by atoms with Gasteiger partial charge in [0.05, 0.1) is 24.0 Å². The van der Waals surface area contributed by atoms with Gasteiger partial charge in [0.25, 0.3) is 5.91 Å². The Hall–Kier alpha value is -4.10. The van der Waals surface area contributed by atoms with Gasteiger partial charge in [0.15, 0.2) is 5.82 Å². The molecule has 0 spiro atoms. The maximum Gasteiger partial charge on any atom is 0.414 e. The Labute approximate surface area is 203 Å². The number of amides is 4. The van der Waals surface area contributed by atoms with Crippen LogP contribution in [0.5, 0.6) is 0 Å². The minimum Gasteiger partial charge on any atom is -0.447 e. The van der Waals surface area contributed by atoms with Crippen LogP contribution in [0.1, 0.15) is 23.8 Å². The number of aromatic nitrogens is 2. The summed E-state index contributed by atoms with van der Waals surface area (Å²) in [6, 6.07) is 3.18. The van der Waals surface area contributed by atoms with Crippen LogP contribution >= 0.6 is 0 Å². The van der Waals surface area contributed by atoms with Crippen molar-refractivity contribution in [3.05, 3.63) is 36.2 Å². The van der Waals surface area contributed by atoms with E-state index in [9.17, 15) is 27.6 Å². The molecule has 0 aromatic carbocycles. The Kier molecular flexibility index (Phi) is 5.80. The van der Waals surface area contributed by atoms with Crippen molar-refractivity contribution in [1.82, 2.24) is 15.3 Å². The smallest absolute Gasteiger partial charge is 0.414 e. The molecule has 5 rings (SSSR count). The van der Waals surface area contributed by atoms with Crippen LogP contribution in [0, 0.1) is 0 Å². The van der Waals surface area contributed by atoms with Crippen LogP contribution in [-0.2, 0) is 4.74 Å². The van der Waals surface area contributed by atoms with E-state index < -0.39 is 30.2 Å². The number of nitrogens with zero attached hydrogens (tertiary/aromatic N) is 5. The number of urea groups is 1. The van der Waals surface area contributed by atoms with E-state index in [2.05, 4.69) is 15.3 Å². The van der Waals surface area contributed by atoms with Crippen LogP contribution in [0.4, 0.5) is 45.8 Å². The number of nitrogens with one attached hydrogen (secondary N) is 2. The molecule has 0 aliphatic carbocycles. The quantitative estimate of drug-likeness (QED) is 0.656. The molecule has 2 atom stereocenters. The van der Waals surface area contributed by atoms with Gasteiger partial charge in [-0.05, 0) is 31.5 Å². The van der Waals surface area contributed by atoms with E-state index >= 15 is 0 Å². The highest BCUT2D eigenvalue weighted by Crippen LogP contribution is 2.39. The number of halogens is 3. The van der Waals surface area contributed by atoms with Gasteiger partial charge in [0.2, 0.25) is 0 Å². The summed E-state index contributed by atoms with van der Waals surface area (Å²) < 4.78 is 43.6. The molecule has 4 amide bonds. The Morgan fingerprint density at radius 3 is 2.75 bits per heavy atom. The van der Waals surface area contributed by atoms with Gasteiger partial charge in [-0.15, -0.1) is 0 Å². The predicted molar refractivity (Wildman–Crippen MR) is 122 cm³/mol. The first kappa shape index (κ1) is 23.6. The molecule has 3 aliphatic rings. The molecule has 5 heterocycles. The molecule has 2 aromatic rings. The maximum atomic E-state index is 13.4. The normalized spacial score (nSPS) is 19.6. The van der Waals surface area contributed by atoms with Crippen LogP contribution in [0.2, 0.25) is 0 Å². The molecule has 190 valence electrons. The monoisotopic (exact) mass is 505 g/mol. The number of hydrogen-bond acceptors (Lipinski definition) is 7. The number of ether oxygens (including phenoxy) is 1. The van der Waals surface area contributed by atoms with Crippen molar-refractivity contribution >= 4 is 41.0 Å². The van der Waals surface area contributed by atoms with Crippen LogP contribution < -0.4 is 25.3 Å². The molecule has 1 unspecified atom stereocenters. The fraction of sp³-hybridized carbons (Fsp3) is 0.409. The van der Waals surface area contributed by atoms with Gasteiger partial charge in [0, 0.05) is 25.4 Å². The zero-order valence-electron chi connectivity index (χ0n) is 19.1. The molecule has 0 radical (unpaired) electrons. The summed E-state index contributed by atoms with van der Waals surface area (Å²) >= 11 is 0. The van der Waals surface area contributed by atoms with Crippen molar-refractivity contribution in [2.45, 2.75) is 31.6 Å². The third-order valence-electron chi connectivity index (χ3n) is 6.29. The van der Waals surface area contributed by atoms with Crippen LogP contribution in [-0.4, -0.2) is 72.5 Å². The van der Waals surface area contributed by atoms with Gasteiger partial charge in [-0.2, -0.15) is 13.2 Å². The van der Waals surface area contributed by atoms with Crippen molar-refractivity contribution in [1.29, 1.82) is 0 Å². The molecule has 3 aliphatic heterocycles. The lowest BCUT2D eigenvalue weighted by Gasteiger charge is -2.35. The number of pyridine rings is 2. The number of rotatable bonds is 4. The zero-order valence-corrected chi connectivity index (χ0v) is 19.1. The molecule has 36 heavy (non-hydrogen) atoms. The van der Waals surface area contributed by atoms with E-state index in [4.69, 9.17) is 4.74 Å². The van der Waals surface area contributed by atoms with Gasteiger partial charge in [-0.25, -0.2) is 19.6 Å². The number of carbonyl (C=O) groups excluding carboxylic acids is 3. The van der Waals surface area contributed by atoms with Crippen molar-refractivity contribution in [3.8, 4) is 0 Å². The molecule has 2 fully saturated rings. The lowest BCUT2D eigenvalue weighted by molar-refractivity contribution is -0.149. The molecule has 11 nitrogen and oxygen atoms in total. The summed E-state index contributed by atoms with van der Waals surface area (Å²) in [7, 11) is 0. The fourth-order valence-electron chi connectivity index (χ4n) is 4.40. The zero-order chi connectivity index (χ0) is 25.6. The average Bonchev–Trinajstić information content (AvgIpc) is 3.45.